The lowest BCUT2D eigenvalue weighted by atomic mass is 10.0. The molecule has 5 atom stereocenters. The number of hydrogen-bond acceptors (Lipinski definition) is 14. The molecule has 0 amide bonds. The topological polar surface area (TPSA) is 231 Å². The molecular formula is C81H152O16P2. The average molecular weight is 1440 g/mol. The smallest absolute Gasteiger partial charge is 0.463 e. The van der Waals surface area contributed by atoms with Crippen LogP contribution in [0.5, 0.6) is 0 Å². The number of allylic oxidation sites excluding steroid dienone is 8. The second-order valence-corrected chi connectivity index (χ2v) is 30.8. The summed E-state index contributed by atoms with van der Waals surface area (Å²) >= 11 is 0. The number of aliphatic hydroxyl groups excluding tert-OH is 2. The first-order valence-corrected chi connectivity index (χ1v) is 43.9. The Morgan fingerprint density at radius 2 is 0.505 bits per heavy atom. The van der Waals surface area contributed by atoms with Crippen LogP contribution in [0.1, 0.15) is 393 Å². The number of hydrogen-bond donors (Lipinski definition) is 4. The van der Waals surface area contributed by atoms with E-state index in [1.54, 1.807) is 0 Å². The Morgan fingerprint density at radius 3 is 0.818 bits per heavy atom. The fourth-order valence-electron chi connectivity index (χ4n) is 11.8. The van der Waals surface area contributed by atoms with Crippen molar-refractivity contribution in [3.05, 3.63) is 48.6 Å². The van der Waals surface area contributed by atoms with Crippen LogP contribution >= 0.6 is 15.6 Å². The molecule has 0 saturated carbocycles. The summed E-state index contributed by atoms with van der Waals surface area (Å²) in [7, 11) is -9.76. The van der Waals surface area contributed by atoms with Crippen LogP contribution in [0.15, 0.2) is 48.6 Å². The first kappa shape index (κ1) is 96.5. The molecule has 18 heteroatoms. The third-order valence-electron chi connectivity index (χ3n) is 18.1. The van der Waals surface area contributed by atoms with Gasteiger partial charge in [0.2, 0.25) is 0 Å². The molecule has 0 bridgehead atoms. The van der Waals surface area contributed by atoms with Crippen molar-refractivity contribution in [2.75, 3.05) is 39.6 Å². The SMILES string of the molecule is CCCCC/C=C\C/C=C\C/C=C\C/C=C\CCCCCCCCCCCCCCCCCCCCCC(=O)OCC(O)COP(=O)(O)OCC(O)COP(=O)(O)OCC(COC(=O)CCCCCCCCCCCCCCCCC)OC(=O)CCCCCCCCCCCCCCC. The minimum Gasteiger partial charge on any atom is -0.463 e. The first-order chi connectivity index (χ1) is 48.2. The van der Waals surface area contributed by atoms with E-state index < -0.39 is 91.5 Å². The van der Waals surface area contributed by atoms with Gasteiger partial charge < -0.3 is 34.2 Å². The molecule has 0 rings (SSSR count). The van der Waals surface area contributed by atoms with Crippen LogP contribution in [0.2, 0.25) is 0 Å². The lowest BCUT2D eigenvalue weighted by molar-refractivity contribution is -0.161. The van der Waals surface area contributed by atoms with Gasteiger partial charge in [0.05, 0.1) is 26.4 Å². The number of carbonyl (C=O) groups is 3. The van der Waals surface area contributed by atoms with Crippen LogP contribution < -0.4 is 0 Å². The fourth-order valence-corrected chi connectivity index (χ4v) is 13.4. The van der Waals surface area contributed by atoms with E-state index in [-0.39, 0.29) is 19.3 Å². The molecule has 0 aliphatic heterocycles. The summed E-state index contributed by atoms with van der Waals surface area (Å²) in [5.74, 6) is -1.54. The average Bonchev–Trinajstić information content (AvgIpc) is 1.09. The summed E-state index contributed by atoms with van der Waals surface area (Å²) in [6.45, 7) is 2.73. The van der Waals surface area contributed by atoms with E-state index in [0.717, 1.165) is 83.5 Å². The molecule has 16 nitrogen and oxygen atoms in total. The largest absolute Gasteiger partial charge is 0.472 e. The van der Waals surface area contributed by atoms with Gasteiger partial charge in [-0.25, -0.2) is 9.13 Å². The minimum absolute atomic E-state index is 0.115. The van der Waals surface area contributed by atoms with Crippen LogP contribution in [-0.4, -0.2) is 95.9 Å². The summed E-state index contributed by atoms with van der Waals surface area (Å²) < 4.78 is 61.1. The standard InChI is InChI=1S/C81H152O16P2/c1-4-7-10-13-16-19-22-25-27-28-29-30-31-32-33-34-35-36-37-38-39-40-41-42-43-44-45-46-48-51-52-55-58-61-64-67-79(84)91-70-76(82)71-93-98(87,88)94-72-77(83)73-95-99(89,90)96-75-78(97-81(86)69-66-63-60-57-54-49-24-21-18-15-12-9-6-3)74-92-80(85)68-65-62-59-56-53-50-47-26-23-20-17-14-11-8-5-2/h16,19,25,27,29-30,32-33,76-78,82-83H,4-15,17-18,20-24,26,28,31,34-75H2,1-3H3,(H,87,88)(H,89,90)/b19-16-,27-25-,30-29-,33-32-. The van der Waals surface area contributed by atoms with Gasteiger partial charge in [0.25, 0.3) is 0 Å². The van der Waals surface area contributed by atoms with E-state index in [9.17, 15) is 43.5 Å². The van der Waals surface area contributed by atoms with Gasteiger partial charge in [-0.2, -0.15) is 0 Å². The number of aliphatic hydroxyl groups is 2. The molecule has 0 aromatic rings. The molecular weight excluding hydrogens is 1290 g/mol. The molecule has 0 heterocycles. The summed E-state index contributed by atoms with van der Waals surface area (Å²) in [4.78, 5) is 58.5. The van der Waals surface area contributed by atoms with Crippen molar-refractivity contribution in [3.8, 4) is 0 Å². The van der Waals surface area contributed by atoms with Crippen molar-refractivity contribution in [2.24, 2.45) is 0 Å². The Bertz CT molecular complexity index is 2000. The van der Waals surface area contributed by atoms with Gasteiger partial charge in [0.15, 0.2) is 6.10 Å². The van der Waals surface area contributed by atoms with Gasteiger partial charge in [-0.3, -0.25) is 32.5 Å². The zero-order valence-electron chi connectivity index (χ0n) is 63.7. The van der Waals surface area contributed by atoms with E-state index in [1.807, 2.05) is 0 Å². The van der Waals surface area contributed by atoms with Crippen molar-refractivity contribution in [1.82, 2.24) is 0 Å². The second kappa shape index (κ2) is 75.2. The maximum absolute atomic E-state index is 12.9. The van der Waals surface area contributed by atoms with E-state index in [0.29, 0.717) is 19.3 Å². The van der Waals surface area contributed by atoms with E-state index in [1.165, 1.54) is 250 Å². The monoisotopic (exact) mass is 1440 g/mol. The van der Waals surface area contributed by atoms with Gasteiger partial charge in [0, 0.05) is 19.3 Å². The summed E-state index contributed by atoms with van der Waals surface area (Å²) in [6.07, 6.45) is 80.4. The van der Waals surface area contributed by atoms with Crippen molar-refractivity contribution < 1.29 is 75.8 Å². The summed E-state index contributed by atoms with van der Waals surface area (Å²) in [5.41, 5.74) is 0. The van der Waals surface area contributed by atoms with E-state index >= 15 is 0 Å². The maximum Gasteiger partial charge on any atom is 0.472 e. The Balaban J connectivity index is 4.28. The van der Waals surface area contributed by atoms with Crippen molar-refractivity contribution in [3.63, 3.8) is 0 Å². The molecule has 0 fully saturated rings. The number of ether oxygens (including phenoxy) is 3. The Morgan fingerprint density at radius 1 is 0.283 bits per heavy atom. The molecule has 4 N–H and O–H groups in total. The van der Waals surface area contributed by atoms with Gasteiger partial charge in [-0.1, -0.05) is 358 Å². The number of phosphoric ester groups is 2. The zero-order chi connectivity index (χ0) is 72.3. The summed E-state index contributed by atoms with van der Waals surface area (Å²) in [6, 6.07) is 0. The predicted molar refractivity (Wildman–Crippen MR) is 409 cm³/mol. The molecule has 0 aromatic carbocycles. The fraction of sp³-hybridized carbons (Fsp3) is 0.864. The lowest BCUT2D eigenvalue weighted by Gasteiger charge is -2.21. The molecule has 0 saturated heterocycles. The molecule has 0 spiro atoms. The van der Waals surface area contributed by atoms with Crippen molar-refractivity contribution >= 4 is 33.6 Å². The Labute approximate surface area is 606 Å². The van der Waals surface area contributed by atoms with Gasteiger partial charge in [-0.05, 0) is 64.2 Å². The molecule has 582 valence electrons. The zero-order valence-corrected chi connectivity index (χ0v) is 65.5. The van der Waals surface area contributed by atoms with E-state index in [4.69, 9.17) is 32.3 Å². The van der Waals surface area contributed by atoms with Crippen LogP contribution in [0.25, 0.3) is 0 Å². The highest BCUT2D eigenvalue weighted by Crippen LogP contribution is 2.45. The van der Waals surface area contributed by atoms with Crippen LogP contribution in [0.3, 0.4) is 0 Å². The van der Waals surface area contributed by atoms with E-state index in [2.05, 4.69) is 69.4 Å². The Kier molecular flexibility index (Phi) is 73.3. The van der Waals surface area contributed by atoms with Gasteiger partial charge in [0.1, 0.15) is 25.4 Å². The third-order valence-corrected chi connectivity index (χ3v) is 20.0. The molecule has 0 aliphatic rings. The number of phosphoric acid groups is 2. The highest BCUT2D eigenvalue weighted by atomic mass is 31.2. The molecule has 99 heavy (non-hydrogen) atoms. The maximum atomic E-state index is 12.9. The molecule has 0 aromatic heterocycles. The number of rotatable bonds is 79. The number of esters is 3. The van der Waals surface area contributed by atoms with Crippen molar-refractivity contribution in [2.45, 2.75) is 411 Å². The molecule has 0 radical (unpaired) electrons. The van der Waals surface area contributed by atoms with Crippen molar-refractivity contribution in [1.29, 1.82) is 0 Å². The van der Waals surface area contributed by atoms with Crippen LogP contribution in [-0.2, 0) is 55.8 Å². The Hall–Kier alpha value is -2.49. The highest BCUT2D eigenvalue weighted by molar-refractivity contribution is 7.47. The third kappa shape index (κ3) is 76.5. The second-order valence-electron chi connectivity index (χ2n) is 27.9. The predicted octanol–water partition coefficient (Wildman–Crippen LogP) is 23.9. The normalized spacial score (nSPS) is 14.2. The molecule has 5 unspecified atom stereocenters. The molecule has 0 aliphatic carbocycles. The highest BCUT2D eigenvalue weighted by Gasteiger charge is 2.29. The van der Waals surface area contributed by atoms with Gasteiger partial charge >= 0.3 is 33.6 Å². The number of carbonyl (C=O) groups excluding carboxylic acids is 3. The number of unbranched alkanes of at least 4 members (excludes halogenated alkanes) is 48. The first-order valence-electron chi connectivity index (χ1n) is 40.9. The lowest BCUT2D eigenvalue weighted by Crippen LogP contribution is -2.30. The quantitative estimate of drug-likeness (QED) is 0.0146. The summed E-state index contributed by atoms with van der Waals surface area (Å²) in [5, 5.41) is 20.6. The van der Waals surface area contributed by atoms with Crippen LogP contribution in [0.4, 0.5) is 0 Å². The van der Waals surface area contributed by atoms with Gasteiger partial charge in [-0.15, -0.1) is 0 Å². The van der Waals surface area contributed by atoms with Crippen LogP contribution in [0, 0.1) is 0 Å². The minimum atomic E-state index is -4.91.